The maximum atomic E-state index is 10.3. The van der Waals surface area contributed by atoms with Crippen LogP contribution in [0.5, 0.6) is 0 Å². The Morgan fingerprint density at radius 3 is 1.43 bits per heavy atom. The topological polar surface area (TPSA) is 132 Å². The second kappa shape index (κ2) is 6.48. The van der Waals surface area contributed by atoms with E-state index in [1.807, 2.05) is 0 Å². The molecule has 14 heavy (non-hydrogen) atoms. The van der Waals surface area contributed by atoms with Gasteiger partial charge in [0.05, 0.1) is 12.8 Å². The molecule has 0 spiro atoms. The van der Waals surface area contributed by atoms with E-state index in [0.717, 1.165) is 0 Å². The number of carboxylic acid groups (broad SMARTS) is 3. The Balaban J connectivity index is -0.000000240. The molecule has 8 heteroatoms. The molecule has 4 N–H and O–H groups in total. The zero-order valence-electron chi connectivity index (χ0n) is 8.43. The summed E-state index contributed by atoms with van der Waals surface area (Å²) < 4.78 is 0. The van der Waals surface area contributed by atoms with E-state index in [2.05, 4.69) is 0 Å². The Morgan fingerprint density at radius 1 is 1.00 bits per heavy atom. The first kappa shape index (κ1) is 16.4. The zero-order chi connectivity index (χ0) is 10.6. The van der Waals surface area contributed by atoms with Gasteiger partial charge in [0, 0.05) is 0 Å². The SMILES string of the molecule is O=C(O)CC(O)(CC(=O)O)C(=O)O.[H+].[H+].[KH]. The van der Waals surface area contributed by atoms with E-state index >= 15 is 0 Å². The van der Waals surface area contributed by atoms with Crippen LogP contribution in [0.3, 0.4) is 0 Å². The molecule has 0 aliphatic carbocycles. The van der Waals surface area contributed by atoms with Gasteiger partial charge < -0.3 is 20.4 Å². The van der Waals surface area contributed by atoms with Crippen LogP contribution in [0, 0.1) is 0 Å². The van der Waals surface area contributed by atoms with Crippen molar-refractivity contribution in [2.24, 2.45) is 0 Å². The Kier molecular flexibility index (Phi) is 7.61. The van der Waals surface area contributed by atoms with Gasteiger partial charge in [-0.1, -0.05) is 0 Å². The quantitative estimate of drug-likeness (QED) is 0.418. The summed E-state index contributed by atoms with van der Waals surface area (Å²) in [6.07, 6.45) is -2.29. The van der Waals surface area contributed by atoms with Gasteiger partial charge in [-0.3, -0.25) is 9.59 Å². The van der Waals surface area contributed by atoms with Crippen molar-refractivity contribution in [1.82, 2.24) is 0 Å². The average molecular weight is 234 g/mol. The van der Waals surface area contributed by atoms with E-state index in [1.165, 1.54) is 0 Å². The van der Waals surface area contributed by atoms with Crippen molar-refractivity contribution in [3.8, 4) is 0 Å². The van der Waals surface area contributed by atoms with Crippen LogP contribution in [0.2, 0.25) is 0 Å². The first-order valence-corrected chi connectivity index (χ1v) is 3.17. The third kappa shape index (κ3) is 5.68. The van der Waals surface area contributed by atoms with Crippen LogP contribution in [-0.4, -0.2) is 95.3 Å². The fourth-order valence-electron chi connectivity index (χ4n) is 0.714. The summed E-state index contributed by atoms with van der Waals surface area (Å²) in [6, 6.07) is 0. The van der Waals surface area contributed by atoms with Crippen LogP contribution in [0.1, 0.15) is 15.7 Å². The molecule has 0 aliphatic rings. The fraction of sp³-hybridized carbons (Fsp3) is 0.500. The summed E-state index contributed by atoms with van der Waals surface area (Å²) in [7, 11) is 0. The van der Waals surface area contributed by atoms with E-state index in [4.69, 9.17) is 20.4 Å². The van der Waals surface area contributed by atoms with Gasteiger partial charge in [0.15, 0.2) is 5.60 Å². The third-order valence-electron chi connectivity index (χ3n) is 1.29. The number of hydrogen-bond donors (Lipinski definition) is 4. The van der Waals surface area contributed by atoms with Gasteiger partial charge in [-0.25, -0.2) is 4.79 Å². The van der Waals surface area contributed by atoms with Gasteiger partial charge in [0.25, 0.3) is 0 Å². The van der Waals surface area contributed by atoms with Crippen molar-refractivity contribution in [3.63, 3.8) is 0 Å². The molecule has 0 aromatic heterocycles. The minimum atomic E-state index is -2.74. The molecule has 0 heterocycles. The number of carbonyl (C=O) groups is 3. The molecule has 0 aromatic rings. The summed E-state index contributed by atoms with van der Waals surface area (Å²) in [4.78, 5) is 30.5. The van der Waals surface area contributed by atoms with Crippen LogP contribution in [0.15, 0.2) is 0 Å². The second-order valence-electron chi connectivity index (χ2n) is 2.48. The molecule has 0 rings (SSSR count). The minimum absolute atomic E-state index is 0. The molecule has 0 aromatic carbocycles. The fourth-order valence-corrected chi connectivity index (χ4v) is 0.714. The average Bonchev–Trinajstić information content (AvgIpc) is 1.82. The maximum absolute atomic E-state index is 10.3. The number of aliphatic hydroxyl groups is 1. The van der Waals surface area contributed by atoms with Crippen LogP contribution in [0.25, 0.3) is 0 Å². The van der Waals surface area contributed by atoms with E-state index in [1.54, 1.807) is 0 Å². The van der Waals surface area contributed by atoms with Crippen molar-refractivity contribution in [2.75, 3.05) is 0 Å². The molecule has 0 unspecified atom stereocenters. The summed E-state index contributed by atoms with van der Waals surface area (Å²) in [5, 5.41) is 33.8. The van der Waals surface area contributed by atoms with Crippen molar-refractivity contribution in [3.05, 3.63) is 0 Å². The van der Waals surface area contributed by atoms with E-state index < -0.39 is 36.4 Å². The van der Waals surface area contributed by atoms with Gasteiger partial charge in [-0.15, -0.1) is 0 Å². The van der Waals surface area contributed by atoms with Gasteiger partial charge in [-0.05, 0) is 0 Å². The second-order valence-corrected chi connectivity index (χ2v) is 2.48. The van der Waals surface area contributed by atoms with Crippen molar-refractivity contribution < 1.29 is 37.7 Å². The van der Waals surface area contributed by atoms with Gasteiger partial charge in [0.2, 0.25) is 0 Å². The van der Waals surface area contributed by atoms with Crippen molar-refractivity contribution in [2.45, 2.75) is 18.4 Å². The monoisotopic (exact) mass is 234 g/mol. The normalized spacial score (nSPS) is 10.1. The molecular weight excluding hydrogens is 223 g/mol. The summed E-state index contributed by atoms with van der Waals surface area (Å²) in [5.41, 5.74) is -2.74. The van der Waals surface area contributed by atoms with E-state index in [9.17, 15) is 14.4 Å². The molecule has 76 valence electrons. The summed E-state index contributed by atoms with van der Waals surface area (Å²) in [6.45, 7) is 0. The molecule has 0 saturated heterocycles. The Labute approximate surface area is 124 Å². The standard InChI is InChI=1S/C6H8O7.K.H/c7-3(8)1-6(13,5(11)12)2-4(9)10;;/h13H,1-2H2,(H,7,8)(H,9,10)(H,11,12);;/p+2. The summed E-state index contributed by atoms with van der Waals surface area (Å²) >= 11 is 0. The predicted molar refractivity (Wildman–Crippen MR) is 46.5 cm³/mol. The predicted octanol–water partition coefficient (Wildman–Crippen LogP) is -1.67. The Bertz CT molecular complexity index is 241. The van der Waals surface area contributed by atoms with Crippen LogP contribution in [-0.2, 0) is 14.4 Å². The Hall–Kier alpha value is 0.00636. The molecule has 0 fully saturated rings. The van der Waals surface area contributed by atoms with Crippen LogP contribution < -0.4 is 0 Å². The van der Waals surface area contributed by atoms with Gasteiger partial charge in [0.1, 0.15) is 0 Å². The van der Waals surface area contributed by atoms with E-state index in [0.29, 0.717) is 0 Å². The Morgan fingerprint density at radius 2 is 1.29 bits per heavy atom. The van der Waals surface area contributed by atoms with Gasteiger partial charge >= 0.3 is 72.1 Å². The van der Waals surface area contributed by atoms with Crippen molar-refractivity contribution >= 4 is 69.3 Å². The zero-order valence-corrected chi connectivity index (χ0v) is 6.43. The van der Waals surface area contributed by atoms with Crippen LogP contribution >= 0.6 is 0 Å². The third-order valence-corrected chi connectivity index (χ3v) is 1.29. The molecule has 0 aliphatic heterocycles. The number of carboxylic acids is 3. The molecule has 0 radical (unpaired) electrons. The molecule has 0 bridgehead atoms. The number of aliphatic carboxylic acids is 3. The summed E-state index contributed by atoms with van der Waals surface area (Å²) in [5.74, 6) is -5.02. The first-order chi connectivity index (χ1) is 5.78. The van der Waals surface area contributed by atoms with Crippen molar-refractivity contribution in [1.29, 1.82) is 0 Å². The first-order valence-electron chi connectivity index (χ1n) is 3.17. The van der Waals surface area contributed by atoms with Gasteiger partial charge in [-0.2, -0.15) is 0 Å². The van der Waals surface area contributed by atoms with E-state index in [-0.39, 0.29) is 54.2 Å². The molecule has 0 saturated carbocycles. The van der Waals surface area contributed by atoms with Crippen LogP contribution in [0.4, 0.5) is 0 Å². The molecule has 0 amide bonds. The molecule has 7 nitrogen and oxygen atoms in total. The molecular formula is C6H11KO7+2. The molecule has 0 atom stereocenters. The number of rotatable bonds is 5. The number of hydrogen-bond acceptors (Lipinski definition) is 4.